The van der Waals surface area contributed by atoms with E-state index in [1.165, 1.54) is 17.1 Å². The molecule has 1 aliphatic heterocycles. The number of carbonyl (C=O) groups is 1. The number of nitrogens with zero attached hydrogens (tertiary/aromatic N) is 3. The number of hydrogen-bond acceptors (Lipinski definition) is 5. The molecule has 0 radical (unpaired) electrons. The molecular formula is C13H13N3O2S. The monoisotopic (exact) mass is 275 g/mol. The van der Waals surface area contributed by atoms with Gasteiger partial charge in [0.2, 0.25) is 5.13 Å². The smallest absolute Gasteiger partial charge is 0.335 e. The van der Waals surface area contributed by atoms with Crippen LogP contribution < -0.4 is 4.90 Å². The lowest BCUT2D eigenvalue weighted by Crippen LogP contribution is -2.14. The van der Waals surface area contributed by atoms with Crippen LogP contribution in [0.2, 0.25) is 0 Å². The molecule has 98 valence electrons. The molecule has 3 rings (SSSR count). The van der Waals surface area contributed by atoms with Crippen LogP contribution in [-0.2, 0) is 19.5 Å². The molecule has 6 heteroatoms. The standard InChI is InChI=1S/C13H13N3O2S/c1-2-11-14-13(19-15-11)16-6-9-4-3-8(12(17)18)5-10(9)7-16/h3-5H,2,6-7H2,1H3,(H,17,18). The molecule has 0 saturated carbocycles. The van der Waals surface area contributed by atoms with Crippen molar-refractivity contribution in [1.29, 1.82) is 0 Å². The second-order valence-electron chi connectivity index (χ2n) is 4.49. The molecule has 19 heavy (non-hydrogen) atoms. The lowest BCUT2D eigenvalue weighted by molar-refractivity contribution is 0.0697. The molecule has 0 amide bonds. The summed E-state index contributed by atoms with van der Waals surface area (Å²) in [7, 11) is 0. The quantitative estimate of drug-likeness (QED) is 0.931. The van der Waals surface area contributed by atoms with E-state index in [0.29, 0.717) is 12.1 Å². The van der Waals surface area contributed by atoms with Crippen LogP contribution >= 0.6 is 11.5 Å². The number of rotatable bonds is 3. The summed E-state index contributed by atoms with van der Waals surface area (Å²) in [6.07, 6.45) is 0.834. The van der Waals surface area contributed by atoms with Gasteiger partial charge >= 0.3 is 5.97 Å². The highest BCUT2D eigenvalue weighted by atomic mass is 32.1. The third-order valence-corrected chi connectivity index (χ3v) is 4.03. The first-order valence-electron chi connectivity index (χ1n) is 6.10. The van der Waals surface area contributed by atoms with Crippen molar-refractivity contribution < 1.29 is 9.90 Å². The topological polar surface area (TPSA) is 66.3 Å². The minimum Gasteiger partial charge on any atom is -0.478 e. The van der Waals surface area contributed by atoms with Crippen LogP contribution in [-0.4, -0.2) is 20.4 Å². The predicted octanol–water partition coefficient (Wildman–Crippen LogP) is 2.32. The van der Waals surface area contributed by atoms with Gasteiger partial charge < -0.3 is 10.0 Å². The number of aromatic carboxylic acids is 1. The number of aryl methyl sites for hydroxylation is 1. The van der Waals surface area contributed by atoms with Crippen LogP contribution in [0.25, 0.3) is 0 Å². The van der Waals surface area contributed by atoms with E-state index in [9.17, 15) is 4.79 Å². The zero-order valence-corrected chi connectivity index (χ0v) is 11.3. The Bertz CT molecular complexity index is 639. The molecule has 0 saturated heterocycles. The summed E-state index contributed by atoms with van der Waals surface area (Å²) in [5.74, 6) is -0.0207. The average molecular weight is 275 g/mol. The Labute approximate surface area is 114 Å². The Morgan fingerprint density at radius 2 is 2.21 bits per heavy atom. The number of anilines is 1. The maximum atomic E-state index is 11.0. The highest BCUT2D eigenvalue weighted by Gasteiger charge is 2.22. The summed E-state index contributed by atoms with van der Waals surface area (Å²) in [6.45, 7) is 3.51. The number of aromatic nitrogens is 2. The molecule has 1 aromatic heterocycles. The van der Waals surface area contributed by atoms with Gasteiger partial charge in [-0.05, 0) is 23.3 Å². The van der Waals surface area contributed by atoms with E-state index in [1.54, 1.807) is 12.1 Å². The summed E-state index contributed by atoms with van der Waals surface area (Å²) in [6, 6.07) is 5.29. The molecule has 0 unspecified atom stereocenters. The van der Waals surface area contributed by atoms with Crippen LogP contribution in [0.3, 0.4) is 0 Å². The van der Waals surface area contributed by atoms with Crippen molar-refractivity contribution in [2.75, 3.05) is 4.90 Å². The molecule has 0 aliphatic carbocycles. The van der Waals surface area contributed by atoms with Crippen molar-refractivity contribution >= 4 is 22.6 Å². The maximum absolute atomic E-state index is 11.0. The lowest BCUT2D eigenvalue weighted by atomic mass is 10.1. The highest BCUT2D eigenvalue weighted by molar-refractivity contribution is 7.09. The lowest BCUT2D eigenvalue weighted by Gasteiger charge is -2.11. The predicted molar refractivity (Wildman–Crippen MR) is 72.6 cm³/mol. The van der Waals surface area contributed by atoms with Crippen LogP contribution in [0.4, 0.5) is 5.13 Å². The zero-order chi connectivity index (χ0) is 13.4. The second kappa shape index (κ2) is 4.62. The highest BCUT2D eigenvalue weighted by Crippen LogP contribution is 2.29. The molecule has 0 fully saturated rings. The van der Waals surface area contributed by atoms with Gasteiger partial charge in [-0.2, -0.15) is 4.37 Å². The van der Waals surface area contributed by atoms with Gasteiger partial charge in [0.15, 0.2) is 0 Å². The minimum absolute atomic E-state index is 0.340. The van der Waals surface area contributed by atoms with Crippen LogP contribution in [0.1, 0.15) is 34.2 Å². The maximum Gasteiger partial charge on any atom is 0.335 e. The van der Waals surface area contributed by atoms with Crippen LogP contribution in [0.15, 0.2) is 18.2 Å². The molecule has 5 nitrogen and oxygen atoms in total. The fourth-order valence-electron chi connectivity index (χ4n) is 2.18. The first-order chi connectivity index (χ1) is 9.17. The Morgan fingerprint density at radius 1 is 1.42 bits per heavy atom. The van der Waals surface area contributed by atoms with Crippen molar-refractivity contribution in [3.63, 3.8) is 0 Å². The molecule has 0 spiro atoms. The van der Waals surface area contributed by atoms with Gasteiger partial charge in [0.25, 0.3) is 0 Å². The van der Waals surface area contributed by atoms with Crippen molar-refractivity contribution in [2.24, 2.45) is 0 Å². The number of fused-ring (bicyclic) bond motifs is 1. The molecule has 1 aromatic carbocycles. The van der Waals surface area contributed by atoms with Gasteiger partial charge in [-0.25, -0.2) is 9.78 Å². The van der Waals surface area contributed by atoms with Crippen molar-refractivity contribution in [1.82, 2.24) is 9.36 Å². The Kier molecular flexibility index (Phi) is 2.94. The van der Waals surface area contributed by atoms with Crippen LogP contribution in [0.5, 0.6) is 0 Å². The van der Waals surface area contributed by atoms with E-state index < -0.39 is 5.97 Å². The third kappa shape index (κ3) is 2.19. The summed E-state index contributed by atoms with van der Waals surface area (Å²) in [5.41, 5.74) is 2.57. The summed E-state index contributed by atoms with van der Waals surface area (Å²) >= 11 is 1.40. The summed E-state index contributed by atoms with van der Waals surface area (Å²) in [5, 5.41) is 9.91. The molecular weight excluding hydrogens is 262 g/mol. The first-order valence-corrected chi connectivity index (χ1v) is 6.87. The van der Waals surface area contributed by atoms with E-state index in [4.69, 9.17) is 5.11 Å². The number of carboxylic acid groups (broad SMARTS) is 1. The van der Waals surface area contributed by atoms with Gasteiger partial charge in [0, 0.05) is 31.0 Å². The van der Waals surface area contributed by atoms with Crippen molar-refractivity contribution in [2.45, 2.75) is 26.4 Å². The normalized spacial score (nSPS) is 13.6. The van der Waals surface area contributed by atoms with Crippen molar-refractivity contribution in [3.8, 4) is 0 Å². The Balaban J connectivity index is 1.85. The van der Waals surface area contributed by atoms with Gasteiger partial charge in [-0.1, -0.05) is 13.0 Å². The Morgan fingerprint density at radius 3 is 2.89 bits per heavy atom. The third-order valence-electron chi connectivity index (χ3n) is 3.22. The van der Waals surface area contributed by atoms with Crippen LogP contribution in [0, 0.1) is 0 Å². The molecule has 2 heterocycles. The number of carboxylic acids is 1. The summed E-state index contributed by atoms with van der Waals surface area (Å²) < 4.78 is 4.28. The zero-order valence-electron chi connectivity index (χ0n) is 10.5. The molecule has 2 aromatic rings. The molecule has 0 atom stereocenters. The van der Waals surface area contributed by atoms with Crippen molar-refractivity contribution in [3.05, 3.63) is 40.7 Å². The molecule has 0 bridgehead atoms. The Hall–Kier alpha value is -1.95. The fraction of sp³-hybridized carbons (Fsp3) is 0.308. The van der Waals surface area contributed by atoms with E-state index in [1.807, 2.05) is 13.0 Å². The van der Waals surface area contributed by atoms with Gasteiger partial charge in [-0.3, -0.25) is 0 Å². The largest absolute Gasteiger partial charge is 0.478 e. The molecule has 1 N–H and O–H groups in total. The summed E-state index contributed by atoms with van der Waals surface area (Å²) in [4.78, 5) is 17.6. The minimum atomic E-state index is -0.884. The van der Waals surface area contributed by atoms with E-state index in [0.717, 1.165) is 29.5 Å². The van der Waals surface area contributed by atoms with E-state index >= 15 is 0 Å². The average Bonchev–Trinajstić information content (AvgIpc) is 3.03. The van der Waals surface area contributed by atoms with E-state index in [2.05, 4.69) is 14.3 Å². The van der Waals surface area contributed by atoms with Gasteiger partial charge in [0.05, 0.1) is 5.56 Å². The van der Waals surface area contributed by atoms with Gasteiger partial charge in [0.1, 0.15) is 5.82 Å². The first kappa shape index (κ1) is 12.1. The second-order valence-corrected chi connectivity index (χ2v) is 5.22. The fourth-order valence-corrected chi connectivity index (χ4v) is 2.93. The SMILES string of the molecule is CCc1nsc(N2Cc3ccc(C(=O)O)cc3C2)n1. The number of benzene rings is 1. The molecule has 1 aliphatic rings. The number of hydrogen-bond donors (Lipinski definition) is 1. The van der Waals surface area contributed by atoms with E-state index in [-0.39, 0.29) is 0 Å². The van der Waals surface area contributed by atoms with Gasteiger partial charge in [-0.15, -0.1) is 0 Å².